The molecule has 5 aromatic rings. The zero-order chi connectivity index (χ0) is 25.8. The van der Waals surface area contributed by atoms with E-state index >= 15 is 0 Å². The quantitative estimate of drug-likeness (QED) is 0.214. The van der Waals surface area contributed by atoms with Gasteiger partial charge in [0.05, 0.1) is 10.6 Å². The highest BCUT2D eigenvalue weighted by molar-refractivity contribution is 7.80. The van der Waals surface area contributed by atoms with Crippen molar-refractivity contribution in [2.45, 2.75) is 6.61 Å². The summed E-state index contributed by atoms with van der Waals surface area (Å²) in [6.45, 7) is 0.404. The Kier molecular flexibility index (Phi) is 7.37. The number of benzene rings is 4. The van der Waals surface area contributed by atoms with Crippen molar-refractivity contribution in [3.8, 4) is 17.2 Å². The predicted octanol–water partition coefficient (Wildman–Crippen LogP) is 7.51. The number of thiocarbonyl (C=S) groups is 1. The number of fused-ring (bicyclic) bond motifs is 1. The van der Waals surface area contributed by atoms with Crippen molar-refractivity contribution in [1.82, 2.24) is 10.3 Å². The molecule has 0 atom stereocenters. The molecule has 6 nitrogen and oxygen atoms in total. The van der Waals surface area contributed by atoms with Crippen molar-refractivity contribution in [1.29, 1.82) is 0 Å². The molecule has 2 N–H and O–H groups in total. The van der Waals surface area contributed by atoms with Crippen molar-refractivity contribution < 1.29 is 13.9 Å². The van der Waals surface area contributed by atoms with Gasteiger partial charge in [0, 0.05) is 16.3 Å². The number of nitrogens with zero attached hydrogens (tertiary/aromatic N) is 1. The molecule has 1 amide bonds. The molecule has 0 aliphatic rings. The standard InChI is InChI=1S/C28H19Cl2N3O3S/c29-19-9-11-23(30)22(14-19)27-32-24-15-20(10-12-25(24)36-27)31-28(37)33-26(34)18-7-4-8-21(13-18)35-16-17-5-2-1-3-6-17/h1-15H,16H2,(H2,31,33,34,37). The number of hydrogen-bond acceptors (Lipinski definition) is 5. The first-order valence-electron chi connectivity index (χ1n) is 11.2. The number of hydrogen-bond donors (Lipinski definition) is 2. The smallest absolute Gasteiger partial charge is 0.257 e. The lowest BCUT2D eigenvalue weighted by molar-refractivity contribution is 0.0977. The van der Waals surface area contributed by atoms with E-state index in [-0.39, 0.29) is 11.0 Å². The molecular weight excluding hydrogens is 529 g/mol. The summed E-state index contributed by atoms with van der Waals surface area (Å²) in [6.07, 6.45) is 0. The summed E-state index contributed by atoms with van der Waals surface area (Å²) in [6, 6.07) is 27.1. The highest BCUT2D eigenvalue weighted by Gasteiger charge is 2.14. The van der Waals surface area contributed by atoms with Gasteiger partial charge in [-0.25, -0.2) is 4.98 Å². The first-order chi connectivity index (χ1) is 17.9. The molecule has 0 saturated carbocycles. The lowest BCUT2D eigenvalue weighted by Crippen LogP contribution is -2.34. The fraction of sp³-hybridized carbons (Fsp3) is 0.0357. The summed E-state index contributed by atoms with van der Waals surface area (Å²) < 4.78 is 11.6. The molecule has 37 heavy (non-hydrogen) atoms. The van der Waals surface area contributed by atoms with Gasteiger partial charge < -0.3 is 14.5 Å². The normalized spacial score (nSPS) is 10.8. The molecule has 5 rings (SSSR count). The lowest BCUT2D eigenvalue weighted by Gasteiger charge is -2.11. The SMILES string of the molecule is O=C(NC(=S)Nc1ccc2oc(-c3cc(Cl)ccc3Cl)nc2c1)c1cccc(OCc2ccccc2)c1. The summed E-state index contributed by atoms with van der Waals surface area (Å²) in [5.74, 6) is 0.579. The Hall–Kier alpha value is -3.91. The first-order valence-corrected chi connectivity index (χ1v) is 12.4. The number of anilines is 1. The summed E-state index contributed by atoms with van der Waals surface area (Å²) in [5.41, 5.74) is 3.85. The van der Waals surface area contributed by atoms with Gasteiger partial charge in [-0.15, -0.1) is 0 Å². The van der Waals surface area contributed by atoms with Gasteiger partial charge in [-0.2, -0.15) is 0 Å². The van der Waals surface area contributed by atoms with Crippen molar-refractivity contribution in [3.05, 3.63) is 112 Å². The molecule has 9 heteroatoms. The average molecular weight is 548 g/mol. The van der Waals surface area contributed by atoms with Gasteiger partial charge in [0.15, 0.2) is 10.7 Å². The highest BCUT2D eigenvalue weighted by atomic mass is 35.5. The minimum absolute atomic E-state index is 0.140. The van der Waals surface area contributed by atoms with E-state index in [1.54, 1.807) is 60.7 Å². The second kappa shape index (κ2) is 11.0. The highest BCUT2D eigenvalue weighted by Crippen LogP contribution is 2.32. The average Bonchev–Trinajstić information content (AvgIpc) is 3.33. The number of nitrogens with one attached hydrogen (secondary N) is 2. The van der Waals surface area contributed by atoms with Gasteiger partial charge >= 0.3 is 0 Å². The van der Waals surface area contributed by atoms with E-state index < -0.39 is 0 Å². The van der Waals surface area contributed by atoms with Crippen LogP contribution in [0, 0.1) is 0 Å². The lowest BCUT2D eigenvalue weighted by atomic mass is 10.2. The van der Waals surface area contributed by atoms with E-state index in [0.717, 1.165) is 5.56 Å². The number of carbonyl (C=O) groups is 1. The maximum absolute atomic E-state index is 12.8. The number of rotatable bonds is 6. The van der Waals surface area contributed by atoms with Gasteiger partial charge in [-0.05, 0) is 72.4 Å². The topological polar surface area (TPSA) is 76.4 Å². The van der Waals surface area contributed by atoms with Crippen molar-refractivity contribution in [2.24, 2.45) is 0 Å². The van der Waals surface area contributed by atoms with Crippen LogP contribution in [-0.2, 0) is 6.61 Å². The number of oxazole rings is 1. The summed E-state index contributed by atoms with van der Waals surface area (Å²) in [4.78, 5) is 17.3. The van der Waals surface area contributed by atoms with Crippen LogP contribution >= 0.6 is 35.4 Å². The third-order valence-corrected chi connectivity index (χ3v) is 6.14. The number of carbonyl (C=O) groups excluding carboxylic acids is 1. The Morgan fingerprint density at radius 3 is 2.62 bits per heavy atom. The van der Waals surface area contributed by atoms with Crippen LogP contribution in [0.15, 0.2) is 95.4 Å². The van der Waals surface area contributed by atoms with Crippen molar-refractivity contribution >= 4 is 63.2 Å². The first kappa shape index (κ1) is 24.8. The molecule has 0 spiro atoms. The van der Waals surface area contributed by atoms with Crippen molar-refractivity contribution in [3.63, 3.8) is 0 Å². The van der Waals surface area contributed by atoms with Crippen molar-refractivity contribution in [2.75, 3.05) is 5.32 Å². The third-order valence-electron chi connectivity index (χ3n) is 5.38. The van der Waals surface area contributed by atoms with E-state index in [4.69, 9.17) is 44.6 Å². The maximum Gasteiger partial charge on any atom is 0.257 e. The van der Waals surface area contributed by atoms with Crippen LogP contribution in [0.1, 0.15) is 15.9 Å². The molecule has 0 radical (unpaired) electrons. The summed E-state index contributed by atoms with van der Waals surface area (Å²) in [7, 11) is 0. The summed E-state index contributed by atoms with van der Waals surface area (Å²) in [5, 5.41) is 6.84. The Bertz CT molecular complexity index is 1610. The molecule has 1 heterocycles. The fourth-order valence-corrected chi connectivity index (χ4v) is 4.17. The van der Waals surface area contributed by atoms with Gasteiger partial charge in [-0.1, -0.05) is 59.6 Å². The molecule has 0 aliphatic carbocycles. The number of halogens is 2. The van der Waals surface area contributed by atoms with Crippen LogP contribution in [0.25, 0.3) is 22.6 Å². The van der Waals surface area contributed by atoms with Crippen LogP contribution in [0.4, 0.5) is 5.69 Å². The monoisotopic (exact) mass is 547 g/mol. The molecule has 0 aliphatic heterocycles. The fourth-order valence-electron chi connectivity index (χ4n) is 3.59. The minimum atomic E-state index is -0.358. The van der Waals surface area contributed by atoms with Gasteiger partial charge in [-0.3, -0.25) is 10.1 Å². The number of aromatic nitrogens is 1. The van der Waals surface area contributed by atoms with E-state index in [0.29, 0.717) is 56.2 Å². The maximum atomic E-state index is 12.8. The van der Waals surface area contributed by atoms with Crippen LogP contribution < -0.4 is 15.4 Å². The van der Waals surface area contributed by atoms with Crippen LogP contribution in [0.5, 0.6) is 5.75 Å². The van der Waals surface area contributed by atoms with E-state index in [1.807, 2.05) is 30.3 Å². The van der Waals surface area contributed by atoms with Crippen LogP contribution in [-0.4, -0.2) is 16.0 Å². The second-order valence-electron chi connectivity index (χ2n) is 8.04. The molecule has 0 bridgehead atoms. The number of ether oxygens (including phenoxy) is 1. The molecule has 184 valence electrons. The third kappa shape index (κ3) is 6.09. The zero-order valence-electron chi connectivity index (χ0n) is 19.2. The van der Waals surface area contributed by atoms with Crippen LogP contribution in [0.2, 0.25) is 10.0 Å². The number of amides is 1. The molecule has 0 fully saturated rings. The summed E-state index contributed by atoms with van der Waals surface area (Å²) >= 11 is 17.7. The molecule has 0 unspecified atom stereocenters. The minimum Gasteiger partial charge on any atom is -0.489 e. The second-order valence-corrected chi connectivity index (χ2v) is 9.29. The Morgan fingerprint density at radius 2 is 1.78 bits per heavy atom. The Balaban J connectivity index is 1.23. The largest absolute Gasteiger partial charge is 0.489 e. The molecule has 4 aromatic carbocycles. The predicted molar refractivity (Wildman–Crippen MR) is 150 cm³/mol. The van der Waals surface area contributed by atoms with E-state index in [2.05, 4.69) is 15.6 Å². The molecular formula is C28H19Cl2N3O3S. The zero-order valence-corrected chi connectivity index (χ0v) is 21.5. The van der Waals surface area contributed by atoms with E-state index in [1.165, 1.54) is 0 Å². The Morgan fingerprint density at radius 1 is 0.946 bits per heavy atom. The van der Waals surface area contributed by atoms with Gasteiger partial charge in [0.1, 0.15) is 17.9 Å². The molecule has 1 aromatic heterocycles. The molecule has 0 saturated heterocycles. The Labute approximate surface area is 228 Å². The van der Waals surface area contributed by atoms with Gasteiger partial charge in [0.25, 0.3) is 5.91 Å². The van der Waals surface area contributed by atoms with Gasteiger partial charge in [0.2, 0.25) is 5.89 Å². The van der Waals surface area contributed by atoms with E-state index in [9.17, 15) is 4.79 Å². The van der Waals surface area contributed by atoms with Crippen LogP contribution in [0.3, 0.4) is 0 Å².